The van der Waals surface area contributed by atoms with Gasteiger partial charge in [-0.3, -0.25) is 5.43 Å². The van der Waals surface area contributed by atoms with E-state index in [2.05, 4.69) is 45.6 Å². The van der Waals surface area contributed by atoms with Crippen molar-refractivity contribution < 1.29 is 0 Å². The molecule has 1 aromatic carbocycles. The normalized spacial score (nSPS) is 11.8. The third kappa shape index (κ3) is 2.92. The monoisotopic (exact) mass is 296 g/mol. The molecule has 3 rings (SSSR count). The minimum atomic E-state index is 0.756. The molecule has 4 nitrogen and oxygen atoms in total. The molecule has 106 valence electrons. The molecule has 0 aliphatic rings. The van der Waals surface area contributed by atoms with Gasteiger partial charge in [0.15, 0.2) is 5.82 Å². The second-order valence-corrected chi connectivity index (χ2v) is 5.76. The number of nitrogens with zero attached hydrogens (tertiary/aromatic N) is 3. The number of fused-ring (bicyclic) bond motifs is 1. The molecule has 2 heterocycles. The second-order valence-electron chi connectivity index (χ2n) is 4.73. The Bertz CT molecular complexity index is 777. The fourth-order valence-corrected chi connectivity index (χ4v) is 2.92. The Morgan fingerprint density at radius 2 is 2.05 bits per heavy atom. The van der Waals surface area contributed by atoms with Gasteiger partial charge in [0.1, 0.15) is 11.2 Å². The zero-order valence-corrected chi connectivity index (χ0v) is 12.8. The Labute approximate surface area is 127 Å². The summed E-state index contributed by atoms with van der Waals surface area (Å²) in [6.45, 7) is 4.07. The standard InChI is InChI=1S/C16H16N4S/c1-3-11(2)19-20-15-13-9-14(12-7-5-4-6-8-12)21-16(13)18-10-17-15/h4-10H,3H2,1-2H3,(H,17,18,20)/b19-11-. The van der Waals surface area contributed by atoms with Gasteiger partial charge in [0, 0.05) is 10.6 Å². The van der Waals surface area contributed by atoms with E-state index in [4.69, 9.17) is 0 Å². The topological polar surface area (TPSA) is 50.2 Å². The minimum absolute atomic E-state index is 0.756. The van der Waals surface area contributed by atoms with Crippen LogP contribution in [-0.2, 0) is 0 Å². The highest BCUT2D eigenvalue weighted by Crippen LogP contribution is 2.34. The quantitative estimate of drug-likeness (QED) is 0.567. The number of hydrogen-bond acceptors (Lipinski definition) is 5. The lowest BCUT2D eigenvalue weighted by Gasteiger charge is -2.01. The van der Waals surface area contributed by atoms with Crippen molar-refractivity contribution in [1.29, 1.82) is 0 Å². The van der Waals surface area contributed by atoms with Crippen molar-refractivity contribution in [3.8, 4) is 10.4 Å². The highest BCUT2D eigenvalue weighted by molar-refractivity contribution is 7.21. The Balaban J connectivity index is 2.02. The van der Waals surface area contributed by atoms with E-state index in [0.29, 0.717) is 0 Å². The van der Waals surface area contributed by atoms with Crippen LogP contribution in [0.3, 0.4) is 0 Å². The summed E-state index contributed by atoms with van der Waals surface area (Å²) < 4.78 is 0. The second kappa shape index (κ2) is 6.01. The number of rotatable bonds is 4. The summed E-state index contributed by atoms with van der Waals surface area (Å²) >= 11 is 1.66. The molecule has 0 saturated carbocycles. The Morgan fingerprint density at radius 1 is 1.24 bits per heavy atom. The number of nitrogens with one attached hydrogen (secondary N) is 1. The average Bonchev–Trinajstić information content (AvgIpc) is 2.98. The first-order chi connectivity index (χ1) is 10.3. The van der Waals surface area contributed by atoms with Crippen molar-refractivity contribution in [2.24, 2.45) is 5.10 Å². The van der Waals surface area contributed by atoms with E-state index in [1.54, 1.807) is 17.7 Å². The van der Waals surface area contributed by atoms with Crippen LogP contribution in [-0.4, -0.2) is 15.7 Å². The highest BCUT2D eigenvalue weighted by atomic mass is 32.1. The van der Waals surface area contributed by atoms with E-state index in [1.165, 1.54) is 10.4 Å². The van der Waals surface area contributed by atoms with Gasteiger partial charge >= 0.3 is 0 Å². The Kier molecular flexibility index (Phi) is 3.92. The van der Waals surface area contributed by atoms with Crippen LogP contribution in [0.15, 0.2) is 47.8 Å². The maximum atomic E-state index is 4.35. The van der Waals surface area contributed by atoms with Crippen molar-refractivity contribution >= 4 is 33.1 Å². The van der Waals surface area contributed by atoms with E-state index >= 15 is 0 Å². The third-order valence-corrected chi connectivity index (χ3v) is 4.34. The van der Waals surface area contributed by atoms with Crippen LogP contribution in [0.5, 0.6) is 0 Å². The summed E-state index contributed by atoms with van der Waals surface area (Å²) in [5, 5.41) is 5.33. The van der Waals surface area contributed by atoms with Crippen LogP contribution in [0.4, 0.5) is 5.82 Å². The van der Waals surface area contributed by atoms with Crippen LogP contribution in [0.25, 0.3) is 20.7 Å². The lowest BCUT2D eigenvalue weighted by molar-refractivity contribution is 1.16. The SMILES string of the molecule is CC/C(C)=N\Nc1ncnc2sc(-c3ccccc3)cc12. The maximum absolute atomic E-state index is 4.35. The molecule has 0 amide bonds. The summed E-state index contributed by atoms with van der Waals surface area (Å²) in [6, 6.07) is 12.4. The van der Waals surface area contributed by atoms with Gasteiger partial charge < -0.3 is 0 Å². The fraction of sp³-hybridized carbons (Fsp3) is 0.188. The van der Waals surface area contributed by atoms with Crippen LogP contribution in [0, 0.1) is 0 Å². The van der Waals surface area contributed by atoms with Gasteiger partial charge in [-0.2, -0.15) is 5.10 Å². The number of anilines is 1. The summed E-state index contributed by atoms with van der Waals surface area (Å²) in [7, 11) is 0. The zero-order chi connectivity index (χ0) is 14.7. The zero-order valence-electron chi connectivity index (χ0n) is 12.0. The van der Waals surface area contributed by atoms with E-state index in [1.807, 2.05) is 25.1 Å². The predicted molar refractivity (Wildman–Crippen MR) is 89.9 cm³/mol. The van der Waals surface area contributed by atoms with E-state index in [0.717, 1.165) is 28.2 Å². The van der Waals surface area contributed by atoms with Gasteiger partial charge in [-0.05, 0) is 25.0 Å². The molecular weight excluding hydrogens is 280 g/mol. The summed E-state index contributed by atoms with van der Waals surface area (Å²) in [5.74, 6) is 0.756. The van der Waals surface area contributed by atoms with Crippen LogP contribution in [0.2, 0.25) is 0 Å². The lowest BCUT2D eigenvalue weighted by atomic mass is 10.2. The number of hydrazone groups is 1. The molecule has 2 aromatic heterocycles. The molecule has 0 saturated heterocycles. The first kappa shape index (κ1) is 13.7. The molecule has 0 fully saturated rings. The third-order valence-electron chi connectivity index (χ3n) is 3.25. The first-order valence-corrected chi connectivity index (χ1v) is 7.68. The van der Waals surface area contributed by atoms with E-state index in [-0.39, 0.29) is 0 Å². The van der Waals surface area contributed by atoms with Crippen molar-refractivity contribution in [2.45, 2.75) is 20.3 Å². The van der Waals surface area contributed by atoms with Crippen molar-refractivity contribution in [3.05, 3.63) is 42.7 Å². The van der Waals surface area contributed by atoms with Crippen molar-refractivity contribution in [3.63, 3.8) is 0 Å². The van der Waals surface area contributed by atoms with E-state index in [9.17, 15) is 0 Å². The highest BCUT2D eigenvalue weighted by Gasteiger charge is 2.09. The molecule has 3 aromatic rings. The average molecular weight is 296 g/mol. The number of hydrogen-bond donors (Lipinski definition) is 1. The molecule has 0 spiro atoms. The van der Waals surface area contributed by atoms with Gasteiger partial charge in [0.2, 0.25) is 0 Å². The Hall–Kier alpha value is -2.27. The molecule has 0 aliphatic carbocycles. The molecule has 21 heavy (non-hydrogen) atoms. The summed E-state index contributed by atoms with van der Waals surface area (Å²) in [6.07, 6.45) is 2.49. The number of benzene rings is 1. The van der Waals surface area contributed by atoms with Crippen LogP contribution < -0.4 is 5.43 Å². The summed E-state index contributed by atoms with van der Waals surface area (Å²) in [4.78, 5) is 10.8. The van der Waals surface area contributed by atoms with Crippen molar-refractivity contribution in [2.75, 3.05) is 5.43 Å². The van der Waals surface area contributed by atoms with Gasteiger partial charge in [-0.25, -0.2) is 9.97 Å². The van der Waals surface area contributed by atoms with Crippen molar-refractivity contribution in [1.82, 2.24) is 9.97 Å². The van der Waals surface area contributed by atoms with Gasteiger partial charge in [0.25, 0.3) is 0 Å². The molecule has 0 radical (unpaired) electrons. The summed E-state index contributed by atoms with van der Waals surface area (Å²) in [5.41, 5.74) is 5.28. The first-order valence-electron chi connectivity index (χ1n) is 6.87. The van der Waals surface area contributed by atoms with Gasteiger partial charge in [-0.1, -0.05) is 37.3 Å². The minimum Gasteiger partial charge on any atom is -0.261 e. The molecule has 0 bridgehead atoms. The van der Waals surface area contributed by atoms with Crippen LogP contribution in [0.1, 0.15) is 20.3 Å². The number of aromatic nitrogens is 2. The molecule has 0 aliphatic heterocycles. The van der Waals surface area contributed by atoms with E-state index < -0.39 is 0 Å². The molecule has 5 heteroatoms. The largest absolute Gasteiger partial charge is 0.261 e. The predicted octanol–water partition coefficient (Wildman–Crippen LogP) is 4.56. The Morgan fingerprint density at radius 3 is 2.81 bits per heavy atom. The smallest absolute Gasteiger partial charge is 0.158 e. The molecule has 1 N–H and O–H groups in total. The molecule has 0 atom stereocenters. The van der Waals surface area contributed by atoms with Gasteiger partial charge in [-0.15, -0.1) is 11.3 Å². The molecular formula is C16H16N4S. The maximum Gasteiger partial charge on any atom is 0.158 e. The number of thiophene rings is 1. The molecule has 0 unspecified atom stereocenters. The lowest BCUT2D eigenvalue weighted by Crippen LogP contribution is -1.98. The fourth-order valence-electron chi connectivity index (χ4n) is 1.92. The van der Waals surface area contributed by atoms with Gasteiger partial charge in [0.05, 0.1) is 5.39 Å². The van der Waals surface area contributed by atoms with Crippen LogP contribution >= 0.6 is 11.3 Å².